The highest BCUT2D eigenvalue weighted by atomic mass is 15.3. The van der Waals surface area contributed by atoms with Gasteiger partial charge in [0.1, 0.15) is 11.6 Å². The minimum atomic E-state index is 0.0185. The highest BCUT2D eigenvalue weighted by molar-refractivity contribution is 5.07. The van der Waals surface area contributed by atoms with Crippen molar-refractivity contribution < 1.29 is 0 Å². The van der Waals surface area contributed by atoms with E-state index in [0.717, 1.165) is 11.6 Å². The van der Waals surface area contributed by atoms with Crippen LogP contribution in [0.2, 0.25) is 0 Å². The van der Waals surface area contributed by atoms with Crippen LogP contribution in [0.25, 0.3) is 0 Å². The van der Waals surface area contributed by atoms with Gasteiger partial charge in [-0.05, 0) is 13.8 Å². The second-order valence-electron chi connectivity index (χ2n) is 4.86. The van der Waals surface area contributed by atoms with Crippen molar-refractivity contribution in [1.29, 1.82) is 0 Å². The second kappa shape index (κ2) is 3.69. The molecule has 1 rings (SSSR count). The predicted molar refractivity (Wildman–Crippen MR) is 57.0 cm³/mol. The Morgan fingerprint density at radius 1 is 1.29 bits per heavy atom. The Hall–Kier alpha value is -0.900. The van der Waals surface area contributed by atoms with Gasteiger partial charge in [-0.3, -0.25) is 0 Å². The maximum atomic E-state index is 5.62. The third kappa shape index (κ3) is 1.95. The molecular weight excluding hydrogens is 176 g/mol. The summed E-state index contributed by atoms with van der Waals surface area (Å²) in [5.41, 5.74) is 5.64. The Balaban J connectivity index is 3.25. The fraction of sp³-hybridized carbons (Fsp3) is 0.800. The molecule has 2 N–H and O–H groups in total. The average Bonchev–Trinajstić information content (AvgIpc) is 2.45. The van der Waals surface area contributed by atoms with Gasteiger partial charge in [0.05, 0.1) is 6.54 Å². The van der Waals surface area contributed by atoms with E-state index in [0.29, 0.717) is 12.6 Å². The van der Waals surface area contributed by atoms with E-state index in [9.17, 15) is 0 Å². The van der Waals surface area contributed by atoms with E-state index in [-0.39, 0.29) is 5.41 Å². The Bertz CT molecular complexity index is 306. The first-order valence-corrected chi connectivity index (χ1v) is 5.02. The third-order valence-electron chi connectivity index (χ3n) is 2.14. The first-order chi connectivity index (χ1) is 6.38. The molecule has 0 atom stereocenters. The van der Waals surface area contributed by atoms with Gasteiger partial charge in [0, 0.05) is 11.5 Å². The van der Waals surface area contributed by atoms with E-state index >= 15 is 0 Å². The molecule has 0 aromatic carbocycles. The van der Waals surface area contributed by atoms with E-state index in [1.807, 2.05) is 0 Å². The monoisotopic (exact) mass is 196 g/mol. The maximum Gasteiger partial charge on any atom is 0.147 e. The number of hydrogen-bond donors (Lipinski definition) is 1. The van der Waals surface area contributed by atoms with Gasteiger partial charge in [-0.1, -0.05) is 20.8 Å². The van der Waals surface area contributed by atoms with Gasteiger partial charge in [0.2, 0.25) is 0 Å². The SMILES string of the molecule is CC(C)n1c(CN)nnc1C(C)(C)C. The largest absolute Gasteiger partial charge is 0.324 e. The van der Waals surface area contributed by atoms with Crippen molar-refractivity contribution in [3.8, 4) is 0 Å². The zero-order valence-electron chi connectivity index (χ0n) is 9.70. The zero-order valence-corrected chi connectivity index (χ0v) is 9.70. The molecule has 0 radical (unpaired) electrons. The molecule has 14 heavy (non-hydrogen) atoms. The van der Waals surface area contributed by atoms with Gasteiger partial charge in [0.25, 0.3) is 0 Å². The maximum absolute atomic E-state index is 5.62. The minimum Gasteiger partial charge on any atom is -0.324 e. The van der Waals surface area contributed by atoms with Crippen LogP contribution in [0.4, 0.5) is 0 Å². The summed E-state index contributed by atoms with van der Waals surface area (Å²) in [6.07, 6.45) is 0. The van der Waals surface area contributed by atoms with E-state index in [2.05, 4.69) is 49.4 Å². The van der Waals surface area contributed by atoms with E-state index < -0.39 is 0 Å². The average molecular weight is 196 g/mol. The topological polar surface area (TPSA) is 56.7 Å². The van der Waals surface area contributed by atoms with Gasteiger partial charge < -0.3 is 10.3 Å². The van der Waals surface area contributed by atoms with Crippen LogP contribution in [0.1, 0.15) is 52.3 Å². The fourth-order valence-electron chi connectivity index (χ4n) is 1.52. The molecule has 0 aliphatic heterocycles. The molecular formula is C10H20N4. The molecule has 4 heteroatoms. The molecule has 1 aromatic heterocycles. The van der Waals surface area contributed by atoms with Gasteiger partial charge >= 0.3 is 0 Å². The van der Waals surface area contributed by atoms with Gasteiger partial charge in [-0.2, -0.15) is 0 Å². The summed E-state index contributed by atoms with van der Waals surface area (Å²) in [5.74, 6) is 1.87. The molecule has 0 aliphatic rings. The Morgan fingerprint density at radius 2 is 1.86 bits per heavy atom. The lowest BCUT2D eigenvalue weighted by atomic mass is 9.95. The van der Waals surface area contributed by atoms with E-state index in [4.69, 9.17) is 5.73 Å². The normalized spacial score (nSPS) is 12.5. The van der Waals surface area contributed by atoms with Crippen LogP contribution in [0.5, 0.6) is 0 Å². The highest BCUT2D eigenvalue weighted by Crippen LogP contribution is 2.23. The lowest BCUT2D eigenvalue weighted by Crippen LogP contribution is -2.22. The molecule has 0 saturated heterocycles. The van der Waals surface area contributed by atoms with Crippen molar-refractivity contribution in [1.82, 2.24) is 14.8 Å². The summed E-state index contributed by atoms with van der Waals surface area (Å²) in [6, 6.07) is 0.359. The summed E-state index contributed by atoms with van der Waals surface area (Å²) >= 11 is 0. The predicted octanol–water partition coefficient (Wildman–Crippen LogP) is 1.62. The Kier molecular flexibility index (Phi) is 2.95. The van der Waals surface area contributed by atoms with Crippen molar-refractivity contribution in [3.63, 3.8) is 0 Å². The molecule has 0 unspecified atom stereocenters. The fourth-order valence-corrected chi connectivity index (χ4v) is 1.52. The lowest BCUT2D eigenvalue weighted by Gasteiger charge is -2.21. The molecule has 0 saturated carbocycles. The molecule has 0 spiro atoms. The highest BCUT2D eigenvalue weighted by Gasteiger charge is 2.24. The van der Waals surface area contributed by atoms with Crippen molar-refractivity contribution in [2.24, 2.45) is 5.73 Å². The first-order valence-electron chi connectivity index (χ1n) is 5.02. The molecule has 1 heterocycles. The summed E-state index contributed by atoms with van der Waals surface area (Å²) in [4.78, 5) is 0. The Morgan fingerprint density at radius 3 is 2.21 bits per heavy atom. The summed E-state index contributed by atoms with van der Waals surface area (Å²) < 4.78 is 2.12. The first kappa shape index (κ1) is 11.2. The quantitative estimate of drug-likeness (QED) is 0.782. The standard InChI is InChI=1S/C10H20N4/c1-7(2)14-8(6-11)12-13-9(14)10(3,4)5/h7H,6,11H2,1-5H3. The summed E-state index contributed by atoms with van der Waals surface area (Å²) in [6.45, 7) is 11.1. The van der Waals surface area contributed by atoms with Gasteiger partial charge in [0.15, 0.2) is 0 Å². The molecule has 4 nitrogen and oxygen atoms in total. The van der Waals surface area contributed by atoms with Crippen LogP contribution in [-0.4, -0.2) is 14.8 Å². The molecule has 0 bridgehead atoms. The van der Waals surface area contributed by atoms with Crippen LogP contribution < -0.4 is 5.73 Å². The second-order valence-corrected chi connectivity index (χ2v) is 4.86. The van der Waals surface area contributed by atoms with Crippen LogP contribution in [-0.2, 0) is 12.0 Å². The number of aromatic nitrogens is 3. The van der Waals surface area contributed by atoms with Crippen molar-refractivity contribution >= 4 is 0 Å². The zero-order chi connectivity index (χ0) is 10.9. The number of nitrogens with zero attached hydrogens (tertiary/aromatic N) is 3. The van der Waals surface area contributed by atoms with Crippen LogP contribution in [0.3, 0.4) is 0 Å². The molecule has 80 valence electrons. The van der Waals surface area contributed by atoms with E-state index in [1.54, 1.807) is 0 Å². The van der Waals surface area contributed by atoms with Crippen molar-refractivity contribution in [2.45, 2.75) is 52.6 Å². The van der Waals surface area contributed by atoms with E-state index in [1.165, 1.54) is 0 Å². The van der Waals surface area contributed by atoms with Crippen molar-refractivity contribution in [2.75, 3.05) is 0 Å². The molecule has 1 aromatic rings. The smallest absolute Gasteiger partial charge is 0.147 e. The van der Waals surface area contributed by atoms with Crippen LogP contribution in [0, 0.1) is 0 Å². The third-order valence-corrected chi connectivity index (χ3v) is 2.14. The van der Waals surface area contributed by atoms with Crippen LogP contribution in [0.15, 0.2) is 0 Å². The van der Waals surface area contributed by atoms with Gasteiger partial charge in [-0.25, -0.2) is 0 Å². The Labute approximate surface area is 85.5 Å². The number of rotatable bonds is 2. The molecule has 0 aliphatic carbocycles. The van der Waals surface area contributed by atoms with Gasteiger partial charge in [-0.15, -0.1) is 10.2 Å². The molecule has 0 amide bonds. The number of nitrogens with two attached hydrogens (primary N) is 1. The minimum absolute atomic E-state index is 0.0185. The summed E-state index contributed by atoms with van der Waals surface area (Å²) in [5, 5.41) is 8.32. The van der Waals surface area contributed by atoms with Crippen LogP contribution >= 0.6 is 0 Å². The number of hydrogen-bond acceptors (Lipinski definition) is 3. The van der Waals surface area contributed by atoms with Crippen molar-refractivity contribution in [3.05, 3.63) is 11.6 Å². The lowest BCUT2D eigenvalue weighted by molar-refractivity contribution is 0.460. The summed E-state index contributed by atoms with van der Waals surface area (Å²) in [7, 11) is 0. The molecule has 0 fully saturated rings.